The number of aliphatic carboxylic acids is 1. The van der Waals surface area contributed by atoms with E-state index in [0.717, 1.165) is 20.1 Å². The lowest BCUT2D eigenvalue weighted by atomic mass is 10.0. The second-order valence-corrected chi connectivity index (χ2v) is 6.79. The first kappa shape index (κ1) is 16.7. The van der Waals surface area contributed by atoms with Gasteiger partial charge in [0, 0.05) is 15.5 Å². The molecular formula is C14H19Br2NO2. The first-order valence-corrected chi connectivity index (χ1v) is 7.80. The van der Waals surface area contributed by atoms with Gasteiger partial charge in [0.25, 0.3) is 0 Å². The van der Waals surface area contributed by atoms with Gasteiger partial charge in [-0.05, 0) is 42.5 Å². The van der Waals surface area contributed by atoms with E-state index in [1.807, 2.05) is 32.9 Å². The van der Waals surface area contributed by atoms with E-state index in [4.69, 9.17) is 0 Å². The minimum Gasteiger partial charge on any atom is -0.480 e. The average molecular weight is 393 g/mol. The van der Waals surface area contributed by atoms with Crippen molar-refractivity contribution in [3.8, 4) is 0 Å². The van der Waals surface area contributed by atoms with Crippen LogP contribution in [0.2, 0.25) is 0 Å². The highest BCUT2D eigenvalue weighted by Crippen LogP contribution is 2.26. The summed E-state index contributed by atoms with van der Waals surface area (Å²) in [5.74, 6) is -0.441. The molecule has 19 heavy (non-hydrogen) atoms. The molecule has 106 valence electrons. The predicted molar refractivity (Wildman–Crippen MR) is 84.3 cm³/mol. The minimum absolute atomic E-state index is 0.352. The van der Waals surface area contributed by atoms with E-state index in [1.54, 1.807) is 0 Å². The van der Waals surface area contributed by atoms with Crippen molar-refractivity contribution in [1.29, 1.82) is 0 Å². The van der Waals surface area contributed by atoms with Crippen LogP contribution in [0.3, 0.4) is 0 Å². The Labute approximate surface area is 131 Å². The van der Waals surface area contributed by atoms with E-state index in [9.17, 15) is 9.90 Å². The Hall–Kier alpha value is -0.390. The molecule has 0 heterocycles. The first-order valence-electron chi connectivity index (χ1n) is 6.22. The summed E-state index contributed by atoms with van der Waals surface area (Å²) in [6.45, 7) is 6.61. The highest BCUT2D eigenvalue weighted by molar-refractivity contribution is 9.11. The van der Waals surface area contributed by atoms with E-state index < -0.39 is 12.0 Å². The van der Waals surface area contributed by atoms with Crippen molar-refractivity contribution in [3.63, 3.8) is 0 Å². The lowest BCUT2D eigenvalue weighted by molar-refractivity contribution is -0.140. The van der Waals surface area contributed by atoms with Gasteiger partial charge in [0.2, 0.25) is 0 Å². The first-order chi connectivity index (χ1) is 8.81. The number of carboxylic acids is 1. The molecule has 0 saturated carbocycles. The van der Waals surface area contributed by atoms with E-state index >= 15 is 0 Å². The van der Waals surface area contributed by atoms with Gasteiger partial charge >= 0.3 is 5.97 Å². The molecule has 0 aromatic heterocycles. The van der Waals surface area contributed by atoms with Gasteiger partial charge in [-0.25, -0.2) is 0 Å². The van der Waals surface area contributed by atoms with Crippen LogP contribution in [0.15, 0.2) is 21.1 Å². The van der Waals surface area contributed by atoms with Gasteiger partial charge in [-0.3, -0.25) is 4.79 Å². The van der Waals surface area contributed by atoms with Crippen molar-refractivity contribution in [2.24, 2.45) is 5.92 Å². The van der Waals surface area contributed by atoms with Crippen molar-refractivity contribution in [2.45, 2.75) is 39.8 Å². The third-order valence-electron chi connectivity index (χ3n) is 2.90. The monoisotopic (exact) mass is 391 g/mol. The normalized spacial score (nSPS) is 12.7. The van der Waals surface area contributed by atoms with Gasteiger partial charge in [0.15, 0.2) is 0 Å². The van der Waals surface area contributed by atoms with Crippen LogP contribution in [-0.2, 0) is 11.3 Å². The molecule has 1 aromatic carbocycles. The van der Waals surface area contributed by atoms with Crippen LogP contribution >= 0.6 is 31.9 Å². The topological polar surface area (TPSA) is 49.3 Å². The van der Waals surface area contributed by atoms with E-state index in [0.29, 0.717) is 18.9 Å². The van der Waals surface area contributed by atoms with Crippen molar-refractivity contribution >= 4 is 37.8 Å². The van der Waals surface area contributed by atoms with Crippen LogP contribution in [0, 0.1) is 12.8 Å². The van der Waals surface area contributed by atoms with E-state index in [2.05, 4.69) is 37.2 Å². The highest BCUT2D eigenvalue weighted by Gasteiger charge is 2.18. The molecule has 0 fully saturated rings. The van der Waals surface area contributed by atoms with E-state index in [-0.39, 0.29) is 0 Å². The SMILES string of the molecule is Cc1c(Br)cc(CN[C@H](CC(C)C)C(=O)O)cc1Br. The van der Waals surface area contributed by atoms with Crippen LogP contribution in [0.4, 0.5) is 0 Å². The molecule has 0 aliphatic heterocycles. The van der Waals surface area contributed by atoms with Crippen molar-refractivity contribution < 1.29 is 9.90 Å². The number of hydrogen-bond acceptors (Lipinski definition) is 2. The Morgan fingerprint density at radius 2 is 1.84 bits per heavy atom. The smallest absolute Gasteiger partial charge is 0.320 e. The van der Waals surface area contributed by atoms with Crippen molar-refractivity contribution in [1.82, 2.24) is 5.32 Å². The Balaban J connectivity index is 2.72. The second kappa shape index (κ2) is 7.41. The molecule has 0 aliphatic rings. The molecule has 1 rings (SSSR count). The molecule has 0 amide bonds. The molecule has 1 aromatic rings. The summed E-state index contributed by atoms with van der Waals surface area (Å²) < 4.78 is 2.05. The standard InChI is InChI=1S/C14H19Br2NO2/c1-8(2)4-13(14(18)19)17-7-10-5-11(15)9(3)12(16)6-10/h5-6,8,13,17H,4,7H2,1-3H3,(H,18,19)/t13-/m1/s1. The molecule has 0 spiro atoms. The van der Waals surface area contributed by atoms with Gasteiger partial charge in [-0.15, -0.1) is 0 Å². The number of carboxylic acid groups (broad SMARTS) is 1. The summed E-state index contributed by atoms with van der Waals surface area (Å²) in [6.07, 6.45) is 0.629. The van der Waals surface area contributed by atoms with Crippen LogP contribution in [0.25, 0.3) is 0 Å². The number of nitrogens with one attached hydrogen (secondary N) is 1. The summed E-state index contributed by atoms with van der Waals surface area (Å²) in [5.41, 5.74) is 2.19. The number of carbonyl (C=O) groups is 1. The van der Waals surface area contributed by atoms with Gasteiger partial charge < -0.3 is 10.4 Å². The van der Waals surface area contributed by atoms with Crippen molar-refractivity contribution in [3.05, 3.63) is 32.2 Å². The fourth-order valence-electron chi connectivity index (χ4n) is 1.78. The number of benzene rings is 1. The maximum absolute atomic E-state index is 11.2. The molecule has 3 nitrogen and oxygen atoms in total. The predicted octanol–water partition coefficient (Wildman–Crippen LogP) is 4.11. The quantitative estimate of drug-likeness (QED) is 0.765. The molecule has 0 radical (unpaired) electrons. The lowest BCUT2D eigenvalue weighted by Gasteiger charge is -2.17. The van der Waals surface area contributed by atoms with Crippen molar-refractivity contribution in [2.75, 3.05) is 0 Å². The summed E-state index contributed by atoms with van der Waals surface area (Å²) in [4.78, 5) is 11.2. The Morgan fingerprint density at radius 3 is 2.26 bits per heavy atom. The van der Waals surface area contributed by atoms with E-state index in [1.165, 1.54) is 0 Å². The maximum atomic E-state index is 11.2. The Bertz CT molecular complexity index is 438. The summed E-state index contributed by atoms with van der Waals surface area (Å²) in [5, 5.41) is 12.3. The Kier molecular flexibility index (Phi) is 6.50. The molecule has 0 saturated heterocycles. The number of halogens is 2. The average Bonchev–Trinajstić information content (AvgIpc) is 2.30. The maximum Gasteiger partial charge on any atom is 0.320 e. The zero-order chi connectivity index (χ0) is 14.6. The largest absolute Gasteiger partial charge is 0.480 e. The van der Waals surface area contributed by atoms with Gasteiger partial charge in [-0.2, -0.15) is 0 Å². The van der Waals surface area contributed by atoms with Crippen LogP contribution in [-0.4, -0.2) is 17.1 Å². The summed E-state index contributed by atoms with van der Waals surface area (Å²) in [7, 11) is 0. The minimum atomic E-state index is -0.793. The molecule has 0 bridgehead atoms. The molecule has 5 heteroatoms. The lowest BCUT2D eigenvalue weighted by Crippen LogP contribution is -2.37. The van der Waals surface area contributed by atoms with Crippen LogP contribution in [0.1, 0.15) is 31.4 Å². The highest BCUT2D eigenvalue weighted by atomic mass is 79.9. The van der Waals surface area contributed by atoms with Gasteiger partial charge in [-0.1, -0.05) is 45.7 Å². The number of rotatable bonds is 6. The molecule has 0 aliphatic carbocycles. The molecular weight excluding hydrogens is 374 g/mol. The summed E-state index contributed by atoms with van der Waals surface area (Å²) >= 11 is 7.00. The molecule has 1 atom stereocenters. The Morgan fingerprint density at radius 1 is 1.32 bits per heavy atom. The molecule has 0 unspecified atom stereocenters. The van der Waals surface area contributed by atoms with Crippen LogP contribution < -0.4 is 5.32 Å². The van der Waals surface area contributed by atoms with Gasteiger partial charge in [0.05, 0.1) is 0 Å². The third kappa shape index (κ3) is 5.24. The zero-order valence-electron chi connectivity index (χ0n) is 11.3. The zero-order valence-corrected chi connectivity index (χ0v) is 14.5. The fraction of sp³-hybridized carbons (Fsp3) is 0.500. The summed E-state index contributed by atoms with van der Waals surface area (Å²) in [6, 6.07) is 3.53. The van der Waals surface area contributed by atoms with Gasteiger partial charge in [0.1, 0.15) is 6.04 Å². The van der Waals surface area contributed by atoms with Crippen LogP contribution in [0.5, 0.6) is 0 Å². The number of hydrogen-bond donors (Lipinski definition) is 2. The fourth-order valence-corrected chi connectivity index (χ4v) is 3.07. The molecule has 2 N–H and O–H groups in total. The second-order valence-electron chi connectivity index (χ2n) is 5.09. The third-order valence-corrected chi connectivity index (χ3v) is 4.55.